The summed E-state index contributed by atoms with van der Waals surface area (Å²) < 4.78 is 5.43. The molecule has 0 aromatic carbocycles. The number of hydrogen-bond donors (Lipinski definition) is 1. The molecule has 0 aromatic heterocycles. The van der Waals surface area contributed by atoms with Crippen LogP contribution >= 0.6 is 0 Å². The topological polar surface area (TPSA) is 50.2 Å². The van der Waals surface area contributed by atoms with Crippen molar-refractivity contribution in [2.45, 2.75) is 39.2 Å². The second-order valence-corrected chi connectivity index (χ2v) is 5.45. The third kappa shape index (κ3) is 1.20. The molecule has 3 heteroatoms. The minimum Gasteiger partial charge on any atom is -0.459 e. The van der Waals surface area contributed by atoms with Crippen LogP contribution in [0, 0.1) is 22.2 Å². The van der Waals surface area contributed by atoms with Gasteiger partial charge in [0.15, 0.2) is 0 Å². The van der Waals surface area contributed by atoms with Crippen LogP contribution in [0.15, 0.2) is 12.7 Å². The van der Waals surface area contributed by atoms with Crippen molar-refractivity contribution in [3.63, 3.8) is 0 Å². The van der Waals surface area contributed by atoms with Crippen molar-refractivity contribution in [2.24, 2.45) is 16.7 Å². The van der Waals surface area contributed by atoms with Gasteiger partial charge in [0.05, 0.1) is 0 Å². The Balaban J connectivity index is 2.25. The third-order valence-electron chi connectivity index (χ3n) is 5.02. The summed E-state index contributed by atoms with van der Waals surface area (Å²) in [5.41, 5.74) is -0.183. The zero-order valence-corrected chi connectivity index (χ0v) is 9.95. The fraction of sp³-hybridized carbons (Fsp3) is 0.692. The number of ether oxygens (including phenoxy) is 1. The smallest absolute Gasteiger partial charge is 0.330 e. The minimum absolute atomic E-state index is 0.0525. The lowest BCUT2D eigenvalue weighted by Crippen LogP contribution is -2.40. The average molecular weight is 221 g/mol. The summed E-state index contributed by atoms with van der Waals surface area (Å²) in [6, 6.07) is 0. The lowest BCUT2D eigenvalue weighted by atomic mass is 9.69. The molecule has 0 spiro atoms. The van der Waals surface area contributed by atoms with Crippen molar-refractivity contribution < 1.29 is 9.53 Å². The first-order valence-electron chi connectivity index (χ1n) is 5.82. The number of fused-ring (bicyclic) bond motifs is 2. The zero-order chi connectivity index (χ0) is 12.0. The van der Waals surface area contributed by atoms with Crippen LogP contribution < -0.4 is 0 Å². The zero-order valence-electron chi connectivity index (χ0n) is 9.95. The fourth-order valence-corrected chi connectivity index (χ4v) is 3.55. The maximum absolute atomic E-state index is 11.3. The molecule has 2 fully saturated rings. The Morgan fingerprint density at radius 3 is 2.75 bits per heavy atom. The van der Waals surface area contributed by atoms with Gasteiger partial charge in [0.25, 0.3) is 0 Å². The van der Waals surface area contributed by atoms with Gasteiger partial charge in [0, 0.05) is 23.1 Å². The first-order chi connectivity index (χ1) is 7.48. The summed E-state index contributed by atoms with van der Waals surface area (Å²) in [6.07, 6.45) is 5.80. The van der Waals surface area contributed by atoms with E-state index in [0.29, 0.717) is 5.92 Å². The number of carbonyl (C=O) groups excluding carboxylic acids is 1. The monoisotopic (exact) mass is 221 g/mol. The molecule has 2 rings (SSSR count). The van der Waals surface area contributed by atoms with E-state index in [1.807, 2.05) is 0 Å². The maximum atomic E-state index is 11.3. The molecule has 2 saturated carbocycles. The Kier molecular flexibility index (Phi) is 2.44. The number of rotatable bonds is 3. The van der Waals surface area contributed by atoms with Crippen molar-refractivity contribution in [1.29, 1.82) is 5.41 Å². The van der Waals surface area contributed by atoms with E-state index in [9.17, 15) is 4.79 Å². The second-order valence-electron chi connectivity index (χ2n) is 5.45. The number of carbonyl (C=O) groups is 1. The number of esters is 1. The van der Waals surface area contributed by atoms with Crippen molar-refractivity contribution in [2.75, 3.05) is 0 Å². The Bertz CT molecular complexity index is 352. The van der Waals surface area contributed by atoms with Crippen LogP contribution in [0.4, 0.5) is 0 Å². The van der Waals surface area contributed by atoms with Gasteiger partial charge >= 0.3 is 5.97 Å². The predicted octanol–water partition coefficient (Wildman–Crippen LogP) is 2.56. The van der Waals surface area contributed by atoms with E-state index in [2.05, 4.69) is 20.4 Å². The first-order valence-corrected chi connectivity index (χ1v) is 5.82. The van der Waals surface area contributed by atoms with E-state index in [1.54, 1.807) is 6.21 Å². The standard InChI is InChI=1S/C13H19NO2/c1-4-11(15)16-10-7-9-5-6-12(10,2)13(9,3)8-14/h4,8-10,14H,1,5-7H2,2-3H3. The van der Waals surface area contributed by atoms with Crippen LogP contribution in [0.2, 0.25) is 0 Å². The van der Waals surface area contributed by atoms with E-state index < -0.39 is 0 Å². The molecule has 2 aliphatic rings. The summed E-state index contributed by atoms with van der Waals surface area (Å²) >= 11 is 0. The Morgan fingerprint density at radius 1 is 1.56 bits per heavy atom. The van der Waals surface area contributed by atoms with Gasteiger partial charge in [-0.2, -0.15) is 0 Å². The first kappa shape index (κ1) is 11.4. The molecule has 0 saturated heterocycles. The van der Waals surface area contributed by atoms with Gasteiger partial charge in [0.2, 0.25) is 0 Å². The summed E-state index contributed by atoms with van der Waals surface area (Å²) in [4.78, 5) is 11.3. The summed E-state index contributed by atoms with van der Waals surface area (Å²) in [5, 5.41) is 7.65. The van der Waals surface area contributed by atoms with Gasteiger partial charge in [-0.3, -0.25) is 0 Å². The van der Waals surface area contributed by atoms with Gasteiger partial charge in [-0.1, -0.05) is 20.4 Å². The van der Waals surface area contributed by atoms with Crippen LogP contribution in [0.1, 0.15) is 33.1 Å². The Morgan fingerprint density at radius 2 is 2.25 bits per heavy atom. The van der Waals surface area contributed by atoms with Crippen LogP contribution in [0.3, 0.4) is 0 Å². The molecule has 0 aromatic rings. The molecule has 88 valence electrons. The van der Waals surface area contributed by atoms with Gasteiger partial charge < -0.3 is 10.1 Å². The average Bonchev–Trinajstić information content (AvgIpc) is 2.64. The van der Waals surface area contributed by atoms with Crippen molar-refractivity contribution in [3.8, 4) is 0 Å². The minimum atomic E-state index is -0.342. The molecule has 0 amide bonds. The van der Waals surface area contributed by atoms with E-state index in [1.165, 1.54) is 6.08 Å². The van der Waals surface area contributed by atoms with Gasteiger partial charge in [0.1, 0.15) is 6.10 Å². The van der Waals surface area contributed by atoms with Gasteiger partial charge in [-0.05, 0) is 25.2 Å². The SMILES string of the molecule is C=CC(=O)OC1CC2CCC1(C)C2(C)C=N. The largest absolute Gasteiger partial charge is 0.459 e. The number of nitrogens with one attached hydrogen (secondary N) is 1. The summed E-state index contributed by atoms with van der Waals surface area (Å²) in [7, 11) is 0. The van der Waals surface area contributed by atoms with Crippen LogP contribution in [0.25, 0.3) is 0 Å². The number of hydrogen-bond acceptors (Lipinski definition) is 3. The molecule has 1 N–H and O–H groups in total. The lowest BCUT2D eigenvalue weighted by Gasteiger charge is -2.38. The van der Waals surface area contributed by atoms with Crippen molar-refractivity contribution in [3.05, 3.63) is 12.7 Å². The normalized spacial score (nSPS) is 45.4. The summed E-state index contributed by atoms with van der Waals surface area (Å²) in [5.74, 6) is 0.142. The third-order valence-corrected chi connectivity index (χ3v) is 5.02. The van der Waals surface area contributed by atoms with E-state index >= 15 is 0 Å². The fourth-order valence-electron chi connectivity index (χ4n) is 3.55. The van der Waals surface area contributed by atoms with Crippen molar-refractivity contribution >= 4 is 12.2 Å². The van der Waals surface area contributed by atoms with E-state index in [0.717, 1.165) is 19.3 Å². The second kappa shape index (κ2) is 3.44. The highest BCUT2D eigenvalue weighted by Crippen LogP contribution is 2.65. The molecular weight excluding hydrogens is 202 g/mol. The molecule has 4 unspecified atom stereocenters. The molecular formula is C13H19NO2. The molecule has 0 radical (unpaired) electrons. The molecule has 4 atom stereocenters. The van der Waals surface area contributed by atoms with Crippen LogP contribution in [-0.2, 0) is 9.53 Å². The quantitative estimate of drug-likeness (QED) is 0.452. The highest BCUT2D eigenvalue weighted by molar-refractivity contribution is 5.81. The molecule has 0 aliphatic heterocycles. The van der Waals surface area contributed by atoms with Gasteiger partial charge in [-0.25, -0.2) is 4.79 Å². The molecule has 2 bridgehead atoms. The summed E-state index contributed by atoms with van der Waals surface area (Å²) in [6.45, 7) is 7.69. The molecule has 2 aliphatic carbocycles. The van der Waals surface area contributed by atoms with Crippen LogP contribution in [0.5, 0.6) is 0 Å². The highest BCUT2D eigenvalue weighted by Gasteiger charge is 2.64. The van der Waals surface area contributed by atoms with Gasteiger partial charge in [-0.15, -0.1) is 0 Å². The maximum Gasteiger partial charge on any atom is 0.330 e. The van der Waals surface area contributed by atoms with E-state index in [-0.39, 0.29) is 22.9 Å². The van der Waals surface area contributed by atoms with Crippen LogP contribution in [-0.4, -0.2) is 18.3 Å². The molecule has 16 heavy (non-hydrogen) atoms. The van der Waals surface area contributed by atoms with E-state index in [4.69, 9.17) is 10.1 Å². The predicted molar refractivity (Wildman–Crippen MR) is 62.4 cm³/mol. The highest BCUT2D eigenvalue weighted by atomic mass is 16.5. The Labute approximate surface area is 96.4 Å². The van der Waals surface area contributed by atoms with Crippen molar-refractivity contribution in [1.82, 2.24) is 0 Å². The Hall–Kier alpha value is -1.12. The molecule has 3 nitrogen and oxygen atoms in total. The lowest BCUT2D eigenvalue weighted by molar-refractivity contribution is -0.149. The molecule has 0 heterocycles.